The summed E-state index contributed by atoms with van der Waals surface area (Å²) in [6, 6.07) is 3.57. The summed E-state index contributed by atoms with van der Waals surface area (Å²) in [5, 5.41) is 8.82. The molecule has 27 heavy (non-hydrogen) atoms. The molecule has 1 saturated carbocycles. The number of carbonyl (C=O) groups excluding carboxylic acids is 1. The molecule has 0 spiro atoms. The van der Waals surface area contributed by atoms with Crippen LogP contribution in [0.5, 0.6) is 0 Å². The van der Waals surface area contributed by atoms with Crippen LogP contribution < -0.4 is 0 Å². The Labute approximate surface area is 157 Å². The van der Waals surface area contributed by atoms with Crippen molar-refractivity contribution in [1.29, 1.82) is 0 Å². The van der Waals surface area contributed by atoms with Crippen LogP contribution in [-0.2, 0) is 6.54 Å². The second kappa shape index (κ2) is 6.14. The van der Waals surface area contributed by atoms with Gasteiger partial charge in [-0.2, -0.15) is 10.2 Å². The average molecular weight is 365 g/mol. The average Bonchev–Trinajstić information content (AvgIpc) is 3.24. The zero-order valence-electron chi connectivity index (χ0n) is 15.6. The molecular weight excluding hydrogens is 342 g/mol. The van der Waals surface area contributed by atoms with Gasteiger partial charge in [0.05, 0.1) is 12.6 Å². The van der Waals surface area contributed by atoms with Gasteiger partial charge in [-0.1, -0.05) is 13.8 Å². The molecule has 0 aromatic carbocycles. The van der Waals surface area contributed by atoms with Gasteiger partial charge in [0.15, 0.2) is 11.5 Å². The Bertz CT molecular complexity index is 1000. The third kappa shape index (κ3) is 2.89. The molecule has 4 heterocycles. The van der Waals surface area contributed by atoms with Crippen molar-refractivity contribution in [2.75, 3.05) is 6.54 Å². The molecule has 0 bridgehead atoms. The number of hydrogen-bond donors (Lipinski definition) is 0. The largest absolute Gasteiger partial charge is 0.327 e. The summed E-state index contributed by atoms with van der Waals surface area (Å²) in [6.07, 6.45) is 6.51. The minimum Gasteiger partial charge on any atom is -0.327 e. The van der Waals surface area contributed by atoms with Crippen LogP contribution in [0.4, 0.5) is 0 Å². The van der Waals surface area contributed by atoms with Gasteiger partial charge in [-0.3, -0.25) is 4.79 Å². The first-order valence-corrected chi connectivity index (χ1v) is 9.65. The lowest BCUT2D eigenvalue weighted by molar-refractivity contribution is 0.0578. The number of amides is 1. The van der Waals surface area contributed by atoms with Crippen LogP contribution in [0.1, 0.15) is 67.1 Å². The lowest BCUT2D eigenvalue weighted by Crippen LogP contribution is -2.43. The number of carbonyl (C=O) groups is 1. The fourth-order valence-electron chi connectivity index (χ4n) is 3.83. The van der Waals surface area contributed by atoms with Crippen molar-refractivity contribution in [2.45, 2.75) is 51.6 Å². The van der Waals surface area contributed by atoms with Gasteiger partial charge in [0.25, 0.3) is 5.91 Å². The number of nitrogens with zero attached hydrogens (tertiary/aromatic N) is 7. The second-order valence-electron chi connectivity index (χ2n) is 7.95. The molecule has 0 unspecified atom stereocenters. The molecule has 5 rings (SSSR count). The third-order valence-electron chi connectivity index (χ3n) is 5.37. The Morgan fingerprint density at radius 3 is 2.93 bits per heavy atom. The maximum atomic E-state index is 13.3. The van der Waals surface area contributed by atoms with E-state index in [-0.39, 0.29) is 11.9 Å². The Morgan fingerprint density at radius 1 is 1.30 bits per heavy atom. The molecule has 1 fully saturated rings. The summed E-state index contributed by atoms with van der Waals surface area (Å²) in [5.41, 5.74) is 1.32. The van der Waals surface area contributed by atoms with E-state index in [1.165, 1.54) is 19.2 Å². The van der Waals surface area contributed by atoms with E-state index >= 15 is 0 Å². The minimum absolute atomic E-state index is 0.0216. The molecule has 3 aromatic heterocycles. The lowest BCUT2D eigenvalue weighted by atomic mass is 9.99. The van der Waals surface area contributed by atoms with Gasteiger partial charge >= 0.3 is 0 Å². The van der Waals surface area contributed by atoms with Crippen LogP contribution in [0.2, 0.25) is 0 Å². The van der Waals surface area contributed by atoms with Gasteiger partial charge < -0.3 is 4.90 Å². The van der Waals surface area contributed by atoms with Crippen molar-refractivity contribution in [3.8, 4) is 0 Å². The first-order valence-electron chi connectivity index (χ1n) is 9.65. The minimum atomic E-state index is -0.0413. The van der Waals surface area contributed by atoms with Crippen molar-refractivity contribution in [3.63, 3.8) is 0 Å². The highest BCUT2D eigenvalue weighted by Crippen LogP contribution is 2.40. The zero-order valence-corrected chi connectivity index (χ0v) is 15.6. The topological polar surface area (TPSA) is 81.2 Å². The molecule has 8 nitrogen and oxygen atoms in total. The van der Waals surface area contributed by atoms with Crippen molar-refractivity contribution in [3.05, 3.63) is 41.9 Å². The Hall–Kier alpha value is -2.77. The van der Waals surface area contributed by atoms with E-state index in [4.69, 9.17) is 10.1 Å². The first kappa shape index (κ1) is 16.4. The summed E-state index contributed by atoms with van der Waals surface area (Å²) < 4.78 is 3.68. The molecule has 0 saturated heterocycles. The maximum absolute atomic E-state index is 13.3. The molecule has 1 atom stereocenters. The molecule has 140 valence electrons. The Balaban J connectivity index is 1.50. The fraction of sp³-hybridized carbons (Fsp3) is 0.526. The van der Waals surface area contributed by atoms with Gasteiger partial charge in [0.1, 0.15) is 12.2 Å². The normalized spacial score (nSPS) is 19.7. The van der Waals surface area contributed by atoms with E-state index in [1.54, 1.807) is 16.8 Å². The van der Waals surface area contributed by atoms with Crippen molar-refractivity contribution < 1.29 is 4.79 Å². The SMILES string of the molecule is CC(C)C[C@H]1c2nc(C3CC3)nn2CCN1C(=O)c1ccn2ncnc2c1. The molecule has 0 N–H and O–H groups in total. The predicted octanol–water partition coefficient (Wildman–Crippen LogP) is 2.44. The summed E-state index contributed by atoms with van der Waals surface area (Å²) in [5.74, 6) is 2.89. The van der Waals surface area contributed by atoms with Crippen LogP contribution in [0.3, 0.4) is 0 Å². The van der Waals surface area contributed by atoms with Gasteiger partial charge in [0.2, 0.25) is 0 Å². The van der Waals surface area contributed by atoms with Crippen molar-refractivity contribution in [1.82, 2.24) is 34.3 Å². The number of rotatable bonds is 4. The number of fused-ring (bicyclic) bond motifs is 2. The van der Waals surface area contributed by atoms with Crippen LogP contribution >= 0.6 is 0 Å². The van der Waals surface area contributed by atoms with Crippen molar-refractivity contribution >= 4 is 11.6 Å². The van der Waals surface area contributed by atoms with E-state index < -0.39 is 0 Å². The van der Waals surface area contributed by atoms with E-state index in [0.29, 0.717) is 36.1 Å². The summed E-state index contributed by atoms with van der Waals surface area (Å²) in [6.45, 7) is 5.71. The Kier molecular flexibility index (Phi) is 3.73. The van der Waals surface area contributed by atoms with Gasteiger partial charge in [-0.05, 0) is 37.3 Å². The predicted molar refractivity (Wildman–Crippen MR) is 98.2 cm³/mol. The number of pyridine rings is 1. The number of hydrogen-bond acceptors (Lipinski definition) is 5. The lowest BCUT2D eigenvalue weighted by Gasteiger charge is -2.36. The van der Waals surface area contributed by atoms with Crippen LogP contribution in [-0.4, -0.2) is 46.7 Å². The highest BCUT2D eigenvalue weighted by molar-refractivity contribution is 5.95. The van der Waals surface area contributed by atoms with Gasteiger partial charge in [-0.25, -0.2) is 19.2 Å². The highest BCUT2D eigenvalue weighted by atomic mass is 16.2. The molecule has 2 aliphatic rings. The maximum Gasteiger partial charge on any atom is 0.254 e. The molecule has 1 aliphatic carbocycles. The molecular formula is C19H23N7O. The van der Waals surface area contributed by atoms with Crippen LogP contribution in [0, 0.1) is 5.92 Å². The van der Waals surface area contributed by atoms with Crippen LogP contribution in [0.25, 0.3) is 5.65 Å². The summed E-state index contributed by atoms with van der Waals surface area (Å²) in [7, 11) is 0. The molecule has 8 heteroatoms. The van der Waals surface area contributed by atoms with E-state index in [2.05, 4.69) is 23.9 Å². The summed E-state index contributed by atoms with van der Waals surface area (Å²) in [4.78, 5) is 24.3. The fourth-order valence-corrected chi connectivity index (χ4v) is 3.83. The number of aromatic nitrogens is 6. The van der Waals surface area contributed by atoms with Crippen molar-refractivity contribution in [2.24, 2.45) is 5.92 Å². The van der Waals surface area contributed by atoms with E-state index in [9.17, 15) is 4.79 Å². The Morgan fingerprint density at radius 2 is 2.15 bits per heavy atom. The van der Waals surface area contributed by atoms with Gasteiger partial charge in [0, 0.05) is 24.2 Å². The monoisotopic (exact) mass is 365 g/mol. The highest BCUT2D eigenvalue weighted by Gasteiger charge is 2.37. The molecule has 1 amide bonds. The quantitative estimate of drug-likeness (QED) is 0.709. The van der Waals surface area contributed by atoms with E-state index in [0.717, 1.165) is 18.1 Å². The summed E-state index contributed by atoms with van der Waals surface area (Å²) >= 11 is 0. The zero-order chi connectivity index (χ0) is 18.5. The standard InChI is InChI=1S/C19H23N7O/c1-12(2)9-15-18-22-17(13-3-4-13)23-26(18)8-7-24(15)19(27)14-5-6-25-16(10-14)20-11-21-25/h5-6,10-13,15H,3-4,7-9H2,1-2H3/t15-/m0/s1. The van der Waals surface area contributed by atoms with Crippen LogP contribution in [0.15, 0.2) is 24.7 Å². The molecule has 0 radical (unpaired) electrons. The smallest absolute Gasteiger partial charge is 0.254 e. The second-order valence-corrected chi connectivity index (χ2v) is 7.95. The molecule has 3 aromatic rings. The first-order chi connectivity index (χ1) is 13.1. The third-order valence-corrected chi connectivity index (χ3v) is 5.37. The van der Waals surface area contributed by atoms with E-state index in [1.807, 2.05) is 15.6 Å². The molecule has 1 aliphatic heterocycles. The van der Waals surface area contributed by atoms with Gasteiger partial charge in [-0.15, -0.1) is 0 Å².